The summed E-state index contributed by atoms with van der Waals surface area (Å²) in [5.41, 5.74) is 2.23. The number of carbonyl (C=O) groups is 1. The molecule has 5 nitrogen and oxygen atoms in total. The molecule has 0 aliphatic rings. The highest BCUT2D eigenvalue weighted by molar-refractivity contribution is 8.00. The summed E-state index contributed by atoms with van der Waals surface area (Å²) in [6.45, 7) is 2.52. The molecule has 1 amide bonds. The van der Waals surface area contributed by atoms with Gasteiger partial charge in [-0.25, -0.2) is 0 Å². The number of benzene rings is 2. The van der Waals surface area contributed by atoms with E-state index in [1.165, 1.54) is 17.3 Å². The van der Waals surface area contributed by atoms with Crippen LogP contribution in [0.5, 0.6) is 0 Å². The fraction of sp³-hybridized carbons (Fsp3) is 0.250. The molecule has 1 N–H and O–H groups in total. The average molecular weight is 366 g/mol. The van der Waals surface area contributed by atoms with Crippen LogP contribution < -0.4 is 5.32 Å². The summed E-state index contributed by atoms with van der Waals surface area (Å²) in [7, 11) is 1.92. The lowest BCUT2D eigenvalue weighted by molar-refractivity contribution is -0.120. The molecule has 3 aromatic rings. The van der Waals surface area contributed by atoms with Crippen LogP contribution in [0.2, 0.25) is 0 Å². The highest BCUT2D eigenvalue weighted by Gasteiger charge is 2.19. The topological polar surface area (TPSA) is 59.8 Å². The van der Waals surface area contributed by atoms with Crippen molar-refractivity contribution in [3.8, 4) is 11.4 Å². The molecular formula is C20H22N4OS. The monoisotopic (exact) mass is 366 g/mol. The van der Waals surface area contributed by atoms with E-state index in [4.69, 9.17) is 0 Å². The molecule has 0 fully saturated rings. The van der Waals surface area contributed by atoms with Crippen LogP contribution in [0.25, 0.3) is 11.4 Å². The second-order valence-electron chi connectivity index (χ2n) is 6.02. The zero-order chi connectivity index (χ0) is 18.4. The molecule has 0 aliphatic heterocycles. The third kappa shape index (κ3) is 4.52. The van der Waals surface area contributed by atoms with E-state index in [9.17, 15) is 4.79 Å². The Morgan fingerprint density at radius 2 is 1.73 bits per heavy atom. The second kappa shape index (κ2) is 8.67. The van der Waals surface area contributed by atoms with Gasteiger partial charge in [0.15, 0.2) is 11.0 Å². The molecule has 1 heterocycles. The van der Waals surface area contributed by atoms with Gasteiger partial charge in [-0.15, -0.1) is 10.2 Å². The van der Waals surface area contributed by atoms with E-state index >= 15 is 0 Å². The summed E-state index contributed by atoms with van der Waals surface area (Å²) in [6, 6.07) is 20.0. The number of amides is 1. The van der Waals surface area contributed by atoms with Crippen LogP contribution in [-0.2, 0) is 18.3 Å². The van der Waals surface area contributed by atoms with Gasteiger partial charge >= 0.3 is 0 Å². The zero-order valence-corrected chi connectivity index (χ0v) is 15.7. The SMILES string of the molecule is CC(Sc1nnc(-c2ccccc2)n1C)C(=O)NCCc1ccccc1. The summed E-state index contributed by atoms with van der Waals surface area (Å²) < 4.78 is 1.92. The van der Waals surface area contributed by atoms with Gasteiger partial charge in [0, 0.05) is 19.2 Å². The molecule has 134 valence electrons. The van der Waals surface area contributed by atoms with Crippen LogP contribution in [0.4, 0.5) is 0 Å². The van der Waals surface area contributed by atoms with Crippen LogP contribution >= 0.6 is 11.8 Å². The van der Waals surface area contributed by atoms with Gasteiger partial charge in [0.25, 0.3) is 0 Å². The smallest absolute Gasteiger partial charge is 0.233 e. The van der Waals surface area contributed by atoms with Crippen molar-refractivity contribution in [2.45, 2.75) is 23.8 Å². The maximum absolute atomic E-state index is 12.3. The minimum Gasteiger partial charge on any atom is -0.355 e. The molecular weight excluding hydrogens is 344 g/mol. The molecule has 0 bridgehead atoms. The van der Waals surface area contributed by atoms with Crippen molar-refractivity contribution in [2.75, 3.05) is 6.54 Å². The number of rotatable bonds is 7. The van der Waals surface area contributed by atoms with Crippen LogP contribution in [0, 0.1) is 0 Å². The quantitative estimate of drug-likeness (QED) is 0.652. The van der Waals surface area contributed by atoms with Crippen molar-refractivity contribution < 1.29 is 4.79 Å². The lowest BCUT2D eigenvalue weighted by atomic mass is 10.1. The van der Waals surface area contributed by atoms with E-state index < -0.39 is 0 Å². The Bertz CT molecular complexity index is 849. The molecule has 0 saturated heterocycles. The fourth-order valence-corrected chi connectivity index (χ4v) is 3.43. The Morgan fingerprint density at radius 1 is 1.08 bits per heavy atom. The number of nitrogens with one attached hydrogen (secondary N) is 1. The van der Waals surface area contributed by atoms with Crippen molar-refractivity contribution in [3.63, 3.8) is 0 Å². The van der Waals surface area contributed by atoms with E-state index in [2.05, 4.69) is 27.6 Å². The Labute approximate surface area is 157 Å². The Morgan fingerprint density at radius 3 is 2.42 bits per heavy atom. The molecule has 2 aromatic carbocycles. The van der Waals surface area contributed by atoms with Crippen molar-refractivity contribution >= 4 is 17.7 Å². The number of hydrogen-bond donors (Lipinski definition) is 1. The maximum atomic E-state index is 12.3. The summed E-state index contributed by atoms with van der Waals surface area (Å²) in [6.07, 6.45) is 0.825. The largest absolute Gasteiger partial charge is 0.355 e. The summed E-state index contributed by atoms with van der Waals surface area (Å²) in [4.78, 5) is 12.3. The van der Waals surface area contributed by atoms with Crippen LogP contribution in [0.3, 0.4) is 0 Å². The highest BCUT2D eigenvalue weighted by atomic mass is 32.2. The predicted octanol–water partition coefficient (Wildman–Crippen LogP) is 3.32. The van der Waals surface area contributed by atoms with E-state index in [1.807, 2.05) is 67.1 Å². The van der Waals surface area contributed by atoms with Gasteiger partial charge in [-0.1, -0.05) is 72.4 Å². The van der Waals surface area contributed by atoms with Crippen LogP contribution in [0.15, 0.2) is 65.8 Å². The van der Waals surface area contributed by atoms with E-state index in [0.29, 0.717) is 6.54 Å². The fourth-order valence-electron chi connectivity index (χ4n) is 2.59. The molecule has 1 unspecified atom stereocenters. The van der Waals surface area contributed by atoms with Crippen molar-refractivity contribution in [1.29, 1.82) is 0 Å². The first-order valence-corrected chi connectivity index (χ1v) is 9.46. The molecule has 1 atom stereocenters. The molecule has 0 aliphatic carbocycles. The van der Waals surface area contributed by atoms with E-state index in [1.54, 1.807) is 0 Å². The van der Waals surface area contributed by atoms with Gasteiger partial charge < -0.3 is 9.88 Å². The zero-order valence-electron chi connectivity index (χ0n) is 14.9. The number of carbonyl (C=O) groups excluding carboxylic acids is 1. The Balaban J connectivity index is 1.55. The third-order valence-electron chi connectivity index (χ3n) is 4.07. The van der Waals surface area contributed by atoms with Gasteiger partial charge in [-0.2, -0.15) is 0 Å². The van der Waals surface area contributed by atoms with Crippen LogP contribution in [0.1, 0.15) is 12.5 Å². The lowest BCUT2D eigenvalue weighted by Gasteiger charge is -2.11. The van der Waals surface area contributed by atoms with Gasteiger partial charge in [-0.05, 0) is 18.9 Å². The summed E-state index contributed by atoms with van der Waals surface area (Å²) in [5.74, 6) is 0.806. The Hall–Kier alpha value is -2.60. The third-order valence-corrected chi connectivity index (χ3v) is 5.21. The summed E-state index contributed by atoms with van der Waals surface area (Å²) in [5, 5.41) is 12.0. The highest BCUT2D eigenvalue weighted by Crippen LogP contribution is 2.25. The van der Waals surface area contributed by atoms with Gasteiger partial charge in [0.1, 0.15) is 0 Å². The molecule has 6 heteroatoms. The number of nitrogens with zero attached hydrogens (tertiary/aromatic N) is 3. The van der Waals surface area contributed by atoms with Gasteiger partial charge in [0.2, 0.25) is 5.91 Å². The number of thioether (sulfide) groups is 1. The molecule has 0 radical (unpaired) electrons. The second-order valence-corrected chi connectivity index (χ2v) is 7.33. The standard InChI is InChI=1S/C20H22N4OS/c1-15(19(25)21-14-13-16-9-5-3-6-10-16)26-20-23-22-18(24(20)2)17-11-7-4-8-12-17/h3-12,15H,13-14H2,1-2H3,(H,21,25). The van der Waals surface area contributed by atoms with Gasteiger partial charge in [0.05, 0.1) is 5.25 Å². The lowest BCUT2D eigenvalue weighted by Crippen LogP contribution is -2.32. The normalized spacial score (nSPS) is 11.9. The summed E-state index contributed by atoms with van der Waals surface area (Å²) >= 11 is 1.42. The maximum Gasteiger partial charge on any atom is 0.233 e. The van der Waals surface area contributed by atoms with Crippen molar-refractivity contribution in [2.24, 2.45) is 7.05 Å². The average Bonchev–Trinajstić information content (AvgIpc) is 3.03. The van der Waals surface area contributed by atoms with E-state index in [0.717, 1.165) is 23.0 Å². The molecule has 26 heavy (non-hydrogen) atoms. The minimum absolute atomic E-state index is 0.00944. The first-order valence-electron chi connectivity index (χ1n) is 8.58. The first-order chi connectivity index (χ1) is 12.6. The van der Waals surface area contributed by atoms with Crippen molar-refractivity contribution in [3.05, 3.63) is 66.2 Å². The number of hydrogen-bond acceptors (Lipinski definition) is 4. The molecule has 1 aromatic heterocycles. The Kier molecular flexibility index (Phi) is 6.07. The molecule has 0 spiro atoms. The number of aromatic nitrogens is 3. The van der Waals surface area contributed by atoms with Crippen LogP contribution in [-0.4, -0.2) is 32.5 Å². The first kappa shape index (κ1) is 18.2. The molecule has 0 saturated carbocycles. The predicted molar refractivity (Wildman–Crippen MR) is 105 cm³/mol. The van der Waals surface area contributed by atoms with Gasteiger partial charge in [-0.3, -0.25) is 4.79 Å². The van der Waals surface area contributed by atoms with Crippen molar-refractivity contribution in [1.82, 2.24) is 20.1 Å². The molecule has 3 rings (SSSR count). The van der Waals surface area contributed by atoms with E-state index in [-0.39, 0.29) is 11.2 Å². The minimum atomic E-state index is -0.239.